The van der Waals surface area contributed by atoms with Crippen LogP contribution in [0.25, 0.3) is 21.9 Å². The van der Waals surface area contributed by atoms with E-state index >= 15 is 0 Å². The standard InChI is InChI=1S/C30H38ClN9O2S/c1-37-9-11-38(12-10-37)8-3-17-42-26-19-24-23(18-25(26)41-2)27-28(35-24)32-20-33-29(27)39-13-15-40(16-14-39)30(43)34-21-4-6-22(36-31)7-5-21/h4-7,18-20,36H,3,8-17H2,1-2H3,(H,34,43)(H,32,33,35). The van der Waals surface area contributed by atoms with E-state index in [0.29, 0.717) is 17.5 Å². The molecule has 0 spiro atoms. The van der Waals surface area contributed by atoms with E-state index < -0.39 is 0 Å². The third-order valence-corrected chi connectivity index (χ3v) is 8.82. The Morgan fingerprint density at radius 3 is 2.44 bits per heavy atom. The Hall–Kier alpha value is -3.58. The van der Waals surface area contributed by atoms with E-state index in [1.165, 1.54) is 0 Å². The van der Waals surface area contributed by atoms with Crippen LogP contribution >= 0.6 is 24.0 Å². The molecule has 4 heterocycles. The number of nitrogens with one attached hydrogen (secondary N) is 3. The first-order valence-corrected chi connectivity index (χ1v) is 15.5. The molecule has 13 heteroatoms. The maximum Gasteiger partial charge on any atom is 0.173 e. The SMILES string of the molecule is COc1cc2c(cc1OCCCN1CCN(C)CC1)[nH]c1ncnc(N3CCN(C(=S)Nc4ccc(NCl)cc4)CC3)c12. The van der Waals surface area contributed by atoms with Gasteiger partial charge in [0, 0.05) is 93.5 Å². The number of fused-ring (bicyclic) bond motifs is 3. The summed E-state index contributed by atoms with van der Waals surface area (Å²) >= 11 is 11.4. The van der Waals surface area contributed by atoms with E-state index in [0.717, 1.165) is 110 Å². The first kappa shape index (κ1) is 29.5. The maximum absolute atomic E-state index is 6.22. The lowest BCUT2D eigenvalue weighted by Crippen LogP contribution is -2.50. The minimum Gasteiger partial charge on any atom is -0.493 e. The molecule has 4 aromatic rings. The van der Waals surface area contributed by atoms with Crippen molar-refractivity contribution in [2.45, 2.75) is 6.42 Å². The average Bonchev–Trinajstić information content (AvgIpc) is 3.41. The monoisotopic (exact) mass is 623 g/mol. The van der Waals surface area contributed by atoms with Gasteiger partial charge in [-0.1, -0.05) is 0 Å². The van der Waals surface area contributed by atoms with Crippen LogP contribution in [-0.4, -0.2) is 114 Å². The molecule has 2 saturated heterocycles. The van der Waals surface area contributed by atoms with Gasteiger partial charge in [-0.25, -0.2) is 9.97 Å². The van der Waals surface area contributed by atoms with Crippen LogP contribution in [0.3, 0.4) is 0 Å². The van der Waals surface area contributed by atoms with Crippen molar-refractivity contribution >= 4 is 68.2 Å². The van der Waals surface area contributed by atoms with Crippen molar-refractivity contribution in [1.82, 2.24) is 29.7 Å². The fourth-order valence-corrected chi connectivity index (χ4v) is 6.14. The fourth-order valence-electron chi connectivity index (χ4n) is 5.71. The summed E-state index contributed by atoms with van der Waals surface area (Å²) in [4.78, 5) is 24.7. The quantitative estimate of drug-likeness (QED) is 0.142. The van der Waals surface area contributed by atoms with Crippen molar-refractivity contribution in [3.8, 4) is 11.5 Å². The van der Waals surface area contributed by atoms with Gasteiger partial charge >= 0.3 is 0 Å². The first-order valence-electron chi connectivity index (χ1n) is 14.7. The van der Waals surface area contributed by atoms with E-state index in [1.54, 1.807) is 13.4 Å². The normalized spacial score (nSPS) is 16.5. The number of hydrogen-bond acceptors (Lipinski definition) is 9. The number of piperazine rings is 2. The van der Waals surface area contributed by atoms with Crippen molar-refractivity contribution < 1.29 is 9.47 Å². The molecule has 0 bridgehead atoms. The predicted octanol–water partition coefficient (Wildman–Crippen LogP) is 4.22. The van der Waals surface area contributed by atoms with E-state index in [9.17, 15) is 0 Å². The number of methoxy groups -OCH3 is 1. The Balaban J connectivity index is 1.12. The van der Waals surface area contributed by atoms with Gasteiger partial charge in [0.2, 0.25) is 0 Å². The summed E-state index contributed by atoms with van der Waals surface area (Å²) in [5.41, 5.74) is 3.50. The number of thiocarbonyl (C=S) groups is 1. The molecule has 2 aliphatic rings. The summed E-state index contributed by atoms with van der Waals surface area (Å²) in [7, 11) is 3.86. The van der Waals surface area contributed by atoms with Gasteiger partial charge in [0.25, 0.3) is 0 Å². The zero-order valence-electron chi connectivity index (χ0n) is 24.6. The topological polar surface area (TPSA) is 97.0 Å². The van der Waals surface area contributed by atoms with Gasteiger partial charge in [-0.15, -0.1) is 0 Å². The lowest BCUT2D eigenvalue weighted by atomic mass is 10.1. The number of aromatic amines is 1. The first-order chi connectivity index (χ1) is 21.0. The molecule has 43 heavy (non-hydrogen) atoms. The largest absolute Gasteiger partial charge is 0.493 e. The number of rotatable bonds is 9. The van der Waals surface area contributed by atoms with Crippen LogP contribution in [0, 0.1) is 0 Å². The van der Waals surface area contributed by atoms with E-state index in [2.05, 4.69) is 46.8 Å². The van der Waals surface area contributed by atoms with Crippen molar-refractivity contribution in [2.24, 2.45) is 0 Å². The molecule has 2 aromatic heterocycles. The summed E-state index contributed by atoms with van der Waals surface area (Å²) in [6, 6.07) is 11.8. The van der Waals surface area contributed by atoms with E-state index in [4.69, 9.17) is 38.5 Å². The van der Waals surface area contributed by atoms with Crippen LogP contribution < -0.4 is 24.5 Å². The van der Waals surface area contributed by atoms with Gasteiger partial charge in [0.15, 0.2) is 16.6 Å². The molecule has 11 nitrogen and oxygen atoms in total. The Labute approximate surface area is 262 Å². The van der Waals surface area contributed by atoms with Gasteiger partial charge in [0.1, 0.15) is 17.8 Å². The van der Waals surface area contributed by atoms with Crippen LogP contribution in [0.4, 0.5) is 17.2 Å². The minimum atomic E-state index is 0.635. The van der Waals surface area contributed by atoms with Gasteiger partial charge in [-0.3, -0.25) is 4.84 Å². The van der Waals surface area contributed by atoms with Gasteiger partial charge in [-0.05, 0) is 56.0 Å². The van der Waals surface area contributed by atoms with Crippen LogP contribution in [0.5, 0.6) is 11.5 Å². The maximum atomic E-state index is 6.22. The molecule has 0 radical (unpaired) electrons. The third-order valence-electron chi connectivity index (χ3n) is 8.24. The zero-order valence-corrected chi connectivity index (χ0v) is 26.2. The molecule has 2 aromatic carbocycles. The van der Waals surface area contributed by atoms with Crippen molar-refractivity contribution in [1.29, 1.82) is 0 Å². The number of benzene rings is 2. The van der Waals surface area contributed by atoms with Gasteiger partial charge in [-0.2, -0.15) is 0 Å². The lowest BCUT2D eigenvalue weighted by molar-refractivity contribution is 0.145. The molecule has 0 saturated carbocycles. The second kappa shape index (κ2) is 13.4. The second-order valence-electron chi connectivity index (χ2n) is 11.0. The molecule has 0 amide bonds. The highest BCUT2D eigenvalue weighted by Crippen LogP contribution is 2.38. The Bertz CT molecular complexity index is 1550. The molecule has 0 unspecified atom stereocenters. The summed E-state index contributed by atoms with van der Waals surface area (Å²) in [6.45, 7) is 9.26. The molecular weight excluding hydrogens is 586 g/mol. The average molecular weight is 624 g/mol. The Morgan fingerprint density at radius 2 is 1.72 bits per heavy atom. The summed E-state index contributed by atoms with van der Waals surface area (Å²) in [5.74, 6) is 2.35. The molecule has 0 aliphatic carbocycles. The number of hydrogen-bond donors (Lipinski definition) is 3. The Morgan fingerprint density at radius 1 is 0.977 bits per heavy atom. The van der Waals surface area contributed by atoms with Crippen molar-refractivity contribution in [3.63, 3.8) is 0 Å². The molecule has 3 N–H and O–H groups in total. The number of likely N-dealkylation sites (N-methyl/N-ethyl adjacent to an activating group) is 1. The molecule has 0 atom stereocenters. The van der Waals surface area contributed by atoms with Crippen molar-refractivity contribution in [3.05, 3.63) is 42.7 Å². The molecular formula is C30H38ClN9O2S. The smallest absolute Gasteiger partial charge is 0.173 e. The zero-order chi connectivity index (χ0) is 29.8. The third kappa shape index (κ3) is 6.67. The molecule has 6 rings (SSSR count). The predicted molar refractivity (Wildman–Crippen MR) is 178 cm³/mol. The second-order valence-corrected chi connectivity index (χ2v) is 11.6. The molecule has 2 aliphatic heterocycles. The van der Waals surface area contributed by atoms with Crippen molar-refractivity contribution in [2.75, 3.05) is 94.7 Å². The fraction of sp³-hybridized carbons (Fsp3) is 0.433. The number of ether oxygens (including phenoxy) is 2. The van der Waals surface area contributed by atoms with Crippen LogP contribution in [0.15, 0.2) is 42.7 Å². The van der Waals surface area contributed by atoms with Gasteiger partial charge < -0.3 is 39.4 Å². The summed E-state index contributed by atoms with van der Waals surface area (Å²) in [5, 5.41) is 6.03. The van der Waals surface area contributed by atoms with Crippen LogP contribution in [0.1, 0.15) is 6.42 Å². The van der Waals surface area contributed by atoms with E-state index in [1.807, 2.05) is 36.4 Å². The van der Waals surface area contributed by atoms with Crippen LogP contribution in [-0.2, 0) is 0 Å². The Kier molecular flexibility index (Phi) is 9.17. The van der Waals surface area contributed by atoms with Crippen LogP contribution in [0.2, 0.25) is 0 Å². The summed E-state index contributed by atoms with van der Waals surface area (Å²) < 4.78 is 12.0. The minimum absolute atomic E-state index is 0.635. The number of nitrogens with zero attached hydrogens (tertiary/aromatic N) is 6. The number of anilines is 3. The van der Waals surface area contributed by atoms with Gasteiger partial charge in [0.05, 0.1) is 24.6 Å². The highest BCUT2D eigenvalue weighted by molar-refractivity contribution is 7.80. The molecule has 228 valence electrons. The highest BCUT2D eigenvalue weighted by atomic mass is 35.5. The number of aromatic nitrogens is 3. The number of H-pyrrole nitrogens is 1. The lowest BCUT2D eigenvalue weighted by Gasteiger charge is -2.37. The highest BCUT2D eigenvalue weighted by Gasteiger charge is 2.24. The van der Waals surface area contributed by atoms with E-state index in [-0.39, 0.29) is 0 Å². The summed E-state index contributed by atoms with van der Waals surface area (Å²) in [6.07, 6.45) is 2.59. The molecule has 2 fully saturated rings. The number of halogens is 1.